The number of amides is 3. The molecule has 0 saturated carbocycles. The number of anilines is 2. The van der Waals surface area contributed by atoms with E-state index in [1.807, 2.05) is 26.8 Å². The Hall–Kier alpha value is -3.77. The van der Waals surface area contributed by atoms with Crippen molar-refractivity contribution in [3.8, 4) is 0 Å². The lowest BCUT2D eigenvalue weighted by Gasteiger charge is -2.30. The Bertz CT molecular complexity index is 1390. The summed E-state index contributed by atoms with van der Waals surface area (Å²) >= 11 is 2.55. The number of carbonyl (C=O) groups excluding carboxylic acids is 4. The Morgan fingerprint density at radius 1 is 1.12 bits per heavy atom. The molecule has 0 saturated heterocycles. The van der Waals surface area contributed by atoms with Gasteiger partial charge >= 0.3 is 12.1 Å². The number of thiophene rings is 1. The first-order valence-corrected chi connectivity index (χ1v) is 14.5. The van der Waals surface area contributed by atoms with Crippen LogP contribution >= 0.6 is 23.1 Å². The van der Waals surface area contributed by atoms with Gasteiger partial charge in [-0.15, -0.1) is 23.1 Å². The molecule has 212 valence electrons. The van der Waals surface area contributed by atoms with Gasteiger partial charge in [0, 0.05) is 22.0 Å². The number of nitrogens with one attached hydrogen (secondary N) is 2. The molecule has 0 aliphatic carbocycles. The molecule has 0 bridgehead atoms. The molecular weight excluding hydrogens is 554 g/mol. The van der Waals surface area contributed by atoms with Gasteiger partial charge in [-0.2, -0.15) is 0 Å². The van der Waals surface area contributed by atoms with Gasteiger partial charge in [0.25, 0.3) is 5.91 Å². The van der Waals surface area contributed by atoms with Gasteiger partial charge in [0.15, 0.2) is 5.76 Å². The maximum absolute atomic E-state index is 12.9. The smallest absolute Gasteiger partial charge is 0.410 e. The van der Waals surface area contributed by atoms with Crippen LogP contribution in [0.2, 0.25) is 0 Å². The van der Waals surface area contributed by atoms with E-state index in [1.165, 1.54) is 29.4 Å². The van der Waals surface area contributed by atoms with Gasteiger partial charge in [0.2, 0.25) is 5.91 Å². The van der Waals surface area contributed by atoms with E-state index < -0.39 is 17.7 Å². The quantitative estimate of drug-likeness (QED) is 0.251. The van der Waals surface area contributed by atoms with E-state index >= 15 is 0 Å². The number of furan rings is 1. The summed E-state index contributed by atoms with van der Waals surface area (Å²) in [6.07, 6.45) is 1.45. The zero-order valence-corrected chi connectivity index (χ0v) is 24.3. The molecule has 0 unspecified atom stereocenters. The topological polar surface area (TPSA) is 127 Å². The Labute approximate surface area is 240 Å². The van der Waals surface area contributed by atoms with E-state index in [2.05, 4.69) is 10.6 Å². The van der Waals surface area contributed by atoms with Crippen LogP contribution < -0.4 is 10.6 Å². The minimum atomic E-state index is -0.621. The van der Waals surface area contributed by atoms with Crippen molar-refractivity contribution in [2.24, 2.45) is 0 Å². The fraction of sp³-hybridized carbons (Fsp3) is 0.357. The number of ether oxygens (including phenoxy) is 2. The normalized spacial score (nSPS) is 12.8. The van der Waals surface area contributed by atoms with Crippen molar-refractivity contribution in [2.75, 3.05) is 29.5 Å². The summed E-state index contributed by atoms with van der Waals surface area (Å²) in [7, 11) is 0. The first-order valence-electron chi connectivity index (χ1n) is 12.7. The van der Waals surface area contributed by atoms with E-state index in [0.717, 1.165) is 15.3 Å². The third kappa shape index (κ3) is 7.45. The highest BCUT2D eigenvalue weighted by Crippen LogP contribution is 2.38. The maximum atomic E-state index is 12.9. The molecule has 12 heteroatoms. The number of nitrogens with zero attached hydrogens (tertiary/aromatic N) is 1. The molecule has 10 nitrogen and oxygen atoms in total. The van der Waals surface area contributed by atoms with Crippen LogP contribution in [0.5, 0.6) is 0 Å². The monoisotopic (exact) mass is 585 g/mol. The van der Waals surface area contributed by atoms with Gasteiger partial charge in [-0.05, 0) is 70.0 Å². The standard InChI is InChI=1S/C28H31N3O7S2/c1-5-36-26(34)23-19-11-12-31(27(35)38-28(2,3)4)15-21(19)40-25(23)30-22(32)16-39-18-9-6-8-17(14-18)29-24(33)20-10-7-13-37-20/h6-10,13-14H,5,11-12,15-16H2,1-4H3,(H,29,33)(H,30,32). The van der Waals surface area contributed by atoms with Crippen LogP contribution in [-0.4, -0.2) is 53.3 Å². The van der Waals surface area contributed by atoms with Crippen molar-refractivity contribution in [2.45, 2.75) is 51.2 Å². The van der Waals surface area contributed by atoms with E-state index in [9.17, 15) is 19.2 Å². The first-order chi connectivity index (χ1) is 19.0. The van der Waals surface area contributed by atoms with Crippen LogP contribution in [0.3, 0.4) is 0 Å². The minimum absolute atomic E-state index is 0.0739. The van der Waals surface area contributed by atoms with Crippen molar-refractivity contribution < 1.29 is 33.1 Å². The van der Waals surface area contributed by atoms with E-state index in [-0.39, 0.29) is 36.5 Å². The highest BCUT2D eigenvalue weighted by molar-refractivity contribution is 8.00. The largest absolute Gasteiger partial charge is 0.462 e. The molecule has 1 aromatic carbocycles. The van der Waals surface area contributed by atoms with Gasteiger partial charge in [0.05, 0.1) is 30.7 Å². The minimum Gasteiger partial charge on any atom is -0.462 e. The second-order valence-corrected chi connectivity index (χ2v) is 12.0. The number of fused-ring (bicyclic) bond motifs is 1. The zero-order chi connectivity index (χ0) is 28.9. The predicted octanol–water partition coefficient (Wildman–Crippen LogP) is 5.79. The lowest BCUT2D eigenvalue weighted by molar-refractivity contribution is -0.113. The van der Waals surface area contributed by atoms with Crippen LogP contribution in [-0.2, 0) is 27.2 Å². The van der Waals surface area contributed by atoms with Gasteiger partial charge in [-0.3, -0.25) is 9.59 Å². The van der Waals surface area contributed by atoms with Crippen molar-refractivity contribution in [1.82, 2.24) is 4.90 Å². The van der Waals surface area contributed by atoms with E-state index in [1.54, 1.807) is 42.2 Å². The molecule has 0 radical (unpaired) electrons. The van der Waals surface area contributed by atoms with Crippen LogP contribution in [0.4, 0.5) is 15.5 Å². The average Bonchev–Trinajstić information content (AvgIpc) is 3.55. The Balaban J connectivity index is 1.43. The molecule has 3 aromatic rings. The summed E-state index contributed by atoms with van der Waals surface area (Å²) in [5.74, 6) is -0.910. The molecular formula is C28H31N3O7S2. The molecule has 0 atom stereocenters. The molecule has 0 spiro atoms. The van der Waals surface area contributed by atoms with Crippen LogP contribution in [0.1, 0.15) is 59.0 Å². The summed E-state index contributed by atoms with van der Waals surface area (Å²) in [6.45, 7) is 8.02. The summed E-state index contributed by atoms with van der Waals surface area (Å²) in [4.78, 5) is 53.8. The highest BCUT2D eigenvalue weighted by atomic mass is 32.2. The Kier molecular flexibility index (Phi) is 9.21. The second-order valence-electron chi connectivity index (χ2n) is 9.88. The van der Waals surface area contributed by atoms with Crippen LogP contribution in [0.15, 0.2) is 52.0 Å². The van der Waals surface area contributed by atoms with Gasteiger partial charge in [-0.1, -0.05) is 6.07 Å². The van der Waals surface area contributed by atoms with Gasteiger partial charge in [0.1, 0.15) is 10.6 Å². The fourth-order valence-electron chi connectivity index (χ4n) is 3.97. The summed E-state index contributed by atoms with van der Waals surface area (Å²) < 4.78 is 15.9. The predicted molar refractivity (Wildman–Crippen MR) is 153 cm³/mol. The van der Waals surface area contributed by atoms with Crippen molar-refractivity contribution in [3.63, 3.8) is 0 Å². The second kappa shape index (κ2) is 12.6. The maximum Gasteiger partial charge on any atom is 0.410 e. The number of carbonyl (C=O) groups is 4. The lowest BCUT2D eigenvalue weighted by atomic mass is 10.0. The zero-order valence-electron chi connectivity index (χ0n) is 22.7. The first kappa shape index (κ1) is 29.2. The number of hydrogen-bond acceptors (Lipinski definition) is 9. The SMILES string of the molecule is CCOC(=O)c1c(NC(=O)CSc2cccc(NC(=O)c3ccco3)c2)sc2c1CCN(C(=O)OC(C)(C)C)C2. The third-order valence-corrected chi connectivity index (χ3v) is 7.77. The molecule has 3 heterocycles. The molecule has 40 heavy (non-hydrogen) atoms. The molecule has 1 aliphatic heterocycles. The third-order valence-electron chi connectivity index (χ3n) is 5.65. The highest BCUT2D eigenvalue weighted by Gasteiger charge is 2.32. The molecule has 1 aliphatic rings. The molecule has 0 fully saturated rings. The van der Waals surface area contributed by atoms with E-state index in [0.29, 0.717) is 29.2 Å². The van der Waals surface area contributed by atoms with Crippen molar-refractivity contribution in [1.29, 1.82) is 0 Å². The molecule has 2 aromatic heterocycles. The molecule has 2 N–H and O–H groups in total. The summed E-state index contributed by atoms with van der Waals surface area (Å²) in [6, 6.07) is 10.3. The van der Waals surface area contributed by atoms with Crippen LogP contribution in [0, 0.1) is 0 Å². The summed E-state index contributed by atoms with van der Waals surface area (Å²) in [5, 5.41) is 6.03. The number of thioether (sulfide) groups is 1. The van der Waals surface area contributed by atoms with Gasteiger partial charge < -0.3 is 29.4 Å². The number of esters is 1. The number of rotatable bonds is 8. The molecule has 4 rings (SSSR count). The molecule has 3 amide bonds. The van der Waals surface area contributed by atoms with Crippen molar-refractivity contribution in [3.05, 3.63) is 64.4 Å². The fourth-order valence-corrected chi connectivity index (χ4v) is 5.99. The number of benzene rings is 1. The van der Waals surface area contributed by atoms with Crippen LogP contribution in [0.25, 0.3) is 0 Å². The van der Waals surface area contributed by atoms with Crippen molar-refractivity contribution >= 4 is 57.7 Å². The van der Waals surface area contributed by atoms with E-state index in [4.69, 9.17) is 13.9 Å². The van der Waals surface area contributed by atoms with Gasteiger partial charge in [-0.25, -0.2) is 9.59 Å². The number of hydrogen-bond donors (Lipinski definition) is 2. The average molecular weight is 586 g/mol. The Morgan fingerprint density at radius 2 is 1.93 bits per heavy atom. The summed E-state index contributed by atoms with van der Waals surface area (Å²) in [5.41, 5.74) is 1.07. The lowest BCUT2D eigenvalue weighted by Crippen LogP contribution is -2.39. The Morgan fingerprint density at radius 3 is 2.62 bits per heavy atom.